The summed E-state index contributed by atoms with van der Waals surface area (Å²) >= 11 is 1.29. The predicted octanol–water partition coefficient (Wildman–Crippen LogP) is 4.64. The lowest BCUT2D eigenvalue weighted by molar-refractivity contribution is -0.148. The van der Waals surface area contributed by atoms with Crippen molar-refractivity contribution < 1.29 is 19.1 Å². The van der Waals surface area contributed by atoms with E-state index < -0.39 is 0 Å². The molecule has 0 bridgehead atoms. The Morgan fingerprint density at radius 1 is 1.48 bits per heavy atom. The van der Waals surface area contributed by atoms with Crippen LogP contribution < -0.4 is 5.32 Å². The summed E-state index contributed by atoms with van der Waals surface area (Å²) in [4.78, 5) is 25.6. The summed E-state index contributed by atoms with van der Waals surface area (Å²) in [6, 6.07) is 3.70. The number of hydrogen-bond acceptors (Lipinski definition) is 6. The standard InChI is InChI=1S/C20H23N3O3S.C5H10O/c1-4-14(2)17(26-3)8-6-5-7-16-11-19(25)23(16)13-18(24)22-20-15(12-21)9-10-27-20;1-5-2-3-6-4-5/h4-6,9-10,16H,1,7-8,11,13H2,2-3H3,(H,22,24);5H,2-4H2,1H3/b6-5-,17-14+;. The van der Waals surface area contributed by atoms with Crippen LogP contribution in [-0.4, -0.2) is 49.6 Å². The monoisotopic (exact) mass is 471 g/mol. The van der Waals surface area contributed by atoms with Gasteiger partial charge in [-0.05, 0) is 42.7 Å². The van der Waals surface area contributed by atoms with Crippen LogP contribution in [0.3, 0.4) is 0 Å². The Morgan fingerprint density at radius 2 is 2.27 bits per heavy atom. The van der Waals surface area contributed by atoms with Gasteiger partial charge in [0, 0.05) is 32.1 Å². The van der Waals surface area contributed by atoms with Crippen LogP contribution in [0.2, 0.25) is 0 Å². The largest absolute Gasteiger partial charge is 0.501 e. The Kier molecular flexibility index (Phi) is 10.9. The van der Waals surface area contributed by atoms with Crippen molar-refractivity contribution in [2.24, 2.45) is 5.92 Å². The molecule has 2 amide bonds. The highest BCUT2D eigenvalue weighted by Crippen LogP contribution is 2.25. The van der Waals surface area contributed by atoms with Crippen molar-refractivity contribution in [3.8, 4) is 6.07 Å². The number of amides is 2. The van der Waals surface area contributed by atoms with Gasteiger partial charge in [0.05, 0.1) is 12.7 Å². The molecule has 3 rings (SSSR count). The second kappa shape index (κ2) is 13.6. The maximum Gasteiger partial charge on any atom is 0.244 e. The van der Waals surface area contributed by atoms with E-state index in [9.17, 15) is 9.59 Å². The number of nitriles is 1. The molecule has 0 spiro atoms. The van der Waals surface area contributed by atoms with Crippen molar-refractivity contribution in [2.75, 3.05) is 32.2 Å². The van der Waals surface area contributed by atoms with Gasteiger partial charge < -0.3 is 19.7 Å². The lowest BCUT2D eigenvalue weighted by Crippen LogP contribution is -2.54. The van der Waals surface area contributed by atoms with Crippen molar-refractivity contribution in [3.63, 3.8) is 0 Å². The number of carbonyl (C=O) groups excluding carboxylic acids is 2. The number of nitrogens with one attached hydrogen (secondary N) is 1. The highest BCUT2D eigenvalue weighted by Gasteiger charge is 2.36. The molecule has 2 atom stereocenters. The fourth-order valence-electron chi connectivity index (χ4n) is 3.38. The molecule has 2 unspecified atom stereocenters. The van der Waals surface area contributed by atoms with Crippen molar-refractivity contribution in [1.82, 2.24) is 4.90 Å². The fourth-order valence-corrected chi connectivity index (χ4v) is 4.13. The summed E-state index contributed by atoms with van der Waals surface area (Å²) in [5, 5.41) is 14.0. The van der Waals surface area contributed by atoms with Crippen molar-refractivity contribution in [1.29, 1.82) is 5.26 Å². The summed E-state index contributed by atoms with van der Waals surface area (Å²) < 4.78 is 10.4. The van der Waals surface area contributed by atoms with Gasteiger partial charge in [-0.3, -0.25) is 9.59 Å². The quantitative estimate of drug-likeness (QED) is 0.245. The Morgan fingerprint density at radius 3 is 2.82 bits per heavy atom. The third-order valence-electron chi connectivity index (χ3n) is 5.55. The molecule has 2 aliphatic heterocycles. The minimum Gasteiger partial charge on any atom is -0.501 e. The third-order valence-corrected chi connectivity index (χ3v) is 6.38. The molecule has 2 saturated heterocycles. The predicted molar refractivity (Wildman–Crippen MR) is 131 cm³/mol. The maximum absolute atomic E-state index is 12.2. The number of rotatable bonds is 9. The van der Waals surface area contributed by atoms with Gasteiger partial charge in [-0.25, -0.2) is 0 Å². The number of ether oxygens (including phenoxy) is 2. The zero-order valence-corrected chi connectivity index (χ0v) is 20.5. The van der Waals surface area contributed by atoms with Crippen molar-refractivity contribution in [3.05, 3.63) is 53.1 Å². The first-order valence-corrected chi connectivity index (χ1v) is 11.9. The zero-order chi connectivity index (χ0) is 24.2. The number of hydrogen-bond donors (Lipinski definition) is 1. The fraction of sp³-hybridized carbons (Fsp3) is 0.480. The number of thiophene rings is 1. The van der Waals surface area contributed by atoms with Gasteiger partial charge >= 0.3 is 0 Å². The Labute approximate surface area is 200 Å². The maximum atomic E-state index is 12.2. The van der Waals surface area contributed by atoms with Gasteiger partial charge in [0.2, 0.25) is 11.8 Å². The highest BCUT2D eigenvalue weighted by atomic mass is 32.1. The van der Waals surface area contributed by atoms with Gasteiger partial charge in [-0.1, -0.05) is 31.7 Å². The van der Waals surface area contributed by atoms with E-state index in [2.05, 4.69) is 18.8 Å². The number of carbonyl (C=O) groups is 2. The van der Waals surface area contributed by atoms with Crippen LogP contribution >= 0.6 is 11.3 Å². The molecule has 2 aliphatic rings. The van der Waals surface area contributed by atoms with Crippen LogP contribution in [0.4, 0.5) is 5.00 Å². The first kappa shape index (κ1) is 26.4. The van der Waals surface area contributed by atoms with Crippen LogP contribution in [0.25, 0.3) is 0 Å². The molecule has 1 aromatic rings. The van der Waals surface area contributed by atoms with Crippen molar-refractivity contribution >= 4 is 28.2 Å². The minimum absolute atomic E-state index is 0.00109. The van der Waals surface area contributed by atoms with E-state index in [0.29, 0.717) is 29.8 Å². The molecule has 0 radical (unpaired) electrons. The number of allylic oxidation sites excluding steroid dienone is 3. The molecule has 2 fully saturated rings. The van der Waals surface area contributed by atoms with Gasteiger partial charge in [-0.15, -0.1) is 11.3 Å². The molecule has 0 saturated carbocycles. The van der Waals surface area contributed by atoms with Gasteiger partial charge in [0.25, 0.3) is 0 Å². The molecule has 8 heteroatoms. The van der Waals surface area contributed by atoms with Crippen LogP contribution in [0.5, 0.6) is 0 Å². The smallest absolute Gasteiger partial charge is 0.244 e. The number of likely N-dealkylation sites (tertiary alicyclic amines) is 1. The Hall–Kier alpha value is -2.89. The number of β-lactam (4-membered cyclic amide) rings is 1. The van der Waals surface area contributed by atoms with Crippen molar-refractivity contribution in [2.45, 2.75) is 45.6 Å². The van der Waals surface area contributed by atoms with Gasteiger partial charge in [-0.2, -0.15) is 5.26 Å². The summed E-state index contributed by atoms with van der Waals surface area (Å²) in [6.45, 7) is 9.86. The molecule has 33 heavy (non-hydrogen) atoms. The topological polar surface area (TPSA) is 91.7 Å². The average Bonchev–Trinajstić information content (AvgIpc) is 3.47. The summed E-state index contributed by atoms with van der Waals surface area (Å²) in [5.74, 6) is 1.36. The summed E-state index contributed by atoms with van der Waals surface area (Å²) in [7, 11) is 1.63. The minimum atomic E-state index is -0.290. The van der Waals surface area contributed by atoms with E-state index in [1.165, 1.54) is 17.8 Å². The first-order chi connectivity index (χ1) is 15.9. The number of methoxy groups -OCH3 is 1. The van der Waals surface area contributed by atoms with E-state index >= 15 is 0 Å². The second-order valence-electron chi connectivity index (χ2n) is 8.10. The molecule has 0 aromatic carbocycles. The zero-order valence-electron chi connectivity index (χ0n) is 19.6. The molecular formula is C25H33N3O4S. The number of nitrogens with zero attached hydrogens (tertiary/aromatic N) is 2. The summed E-state index contributed by atoms with van der Waals surface area (Å²) in [5.41, 5.74) is 1.42. The second-order valence-corrected chi connectivity index (χ2v) is 9.01. The van der Waals surface area contributed by atoms with Crippen LogP contribution in [0.1, 0.15) is 45.1 Å². The van der Waals surface area contributed by atoms with Crippen LogP contribution in [0.15, 0.2) is 47.6 Å². The van der Waals surface area contributed by atoms with E-state index in [4.69, 9.17) is 14.7 Å². The number of anilines is 1. The average molecular weight is 472 g/mol. The molecule has 1 N–H and O–H groups in total. The normalized spacial score (nSPS) is 20.3. The first-order valence-electron chi connectivity index (χ1n) is 11.0. The van der Waals surface area contributed by atoms with Crippen LogP contribution in [-0.2, 0) is 19.1 Å². The molecule has 0 aliphatic carbocycles. The third kappa shape index (κ3) is 8.19. The van der Waals surface area contributed by atoms with E-state index in [1.54, 1.807) is 29.5 Å². The van der Waals surface area contributed by atoms with Gasteiger partial charge in [0.15, 0.2) is 0 Å². The Bertz CT molecular complexity index is 922. The van der Waals surface area contributed by atoms with E-state index in [0.717, 1.165) is 30.5 Å². The lowest BCUT2D eigenvalue weighted by atomic mass is 9.98. The lowest BCUT2D eigenvalue weighted by Gasteiger charge is -2.39. The highest BCUT2D eigenvalue weighted by molar-refractivity contribution is 7.14. The molecular weight excluding hydrogens is 438 g/mol. The van der Waals surface area contributed by atoms with Crippen LogP contribution in [0, 0.1) is 17.2 Å². The van der Waals surface area contributed by atoms with E-state index in [-0.39, 0.29) is 24.4 Å². The SMILES string of the molecule is C=C/C(C)=C(\C/C=C\CC1CC(=O)N1CC(=O)Nc1sccc1C#N)OC.CC1CCOC1. The summed E-state index contributed by atoms with van der Waals surface area (Å²) in [6.07, 6.45) is 8.81. The Balaban J connectivity index is 0.000000554. The van der Waals surface area contributed by atoms with Gasteiger partial charge in [0.1, 0.15) is 23.4 Å². The molecule has 3 heterocycles. The molecule has 1 aromatic heterocycles. The molecule has 178 valence electrons. The van der Waals surface area contributed by atoms with E-state index in [1.807, 2.05) is 25.1 Å². The molecule has 7 nitrogen and oxygen atoms in total.